The van der Waals surface area contributed by atoms with Crippen molar-refractivity contribution in [2.75, 3.05) is 20.3 Å². The molecule has 0 unspecified atom stereocenters. The van der Waals surface area contributed by atoms with Gasteiger partial charge in [0.15, 0.2) is 12.6 Å². The number of rotatable bonds is 7. The summed E-state index contributed by atoms with van der Waals surface area (Å²) in [5.41, 5.74) is 5.17. The second-order valence-electron chi connectivity index (χ2n) is 6.58. The van der Waals surface area contributed by atoms with Gasteiger partial charge in [0.1, 0.15) is 36.6 Å². The van der Waals surface area contributed by atoms with Gasteiger partial charge in [-0.25, -0.2) is 0 Å². The first-order valence-corrected chi connectivity index (χ1v) is 8.46. The molecule has 12 nitrogen and oxygen atoms in total. The predicted octanol–water partition coefficient (Wildman–Crippen LogP) is -4.61. The van der Waals surface area contributed by atoms with E-state index in [2.05, 4.69) is 0 Å². The van der Waals surface area contributed by atoms with Crippen molar-refractivity contribution in [1.82, 2.24) is 0 Å². The quantitative estimate of drug-likeness (QED) is 0.218. The lowest BCUT2D eigenvalue weighted by Gasteiger charge is -2.46. The van der Waals surface area contributed by atoms with Gasteiger partial charge in [-0.3, -0.25) is 4.79 Å². The molecule has 0 saturated carbocycles. The average Bonchev–Trinajstić information content (AvgIpc) is 2.64. The number of carbonyl (C=O) groups excluding carboxylic acids is 1. The van der Waals surface area contributed by atoms with E-state index in [9.17, 15) is 35.4 Å². The Labute approximate surface area is 155 Å². The normalized spacial score (nSPS) is 45.6. The fraction of sp³-hybridized carbons (Fsp3) is 0.933. The number of aliphatic hydroxyl groups is 6. The van der Waals surface area contributed by atoms with Crippen molar-refractivity contribution >= 4 is 5.91 Å². The maximum atomic E-state index is 11.3. The van der Waals surface area contributed by atoms with Crippen LogP contribution in [0.15, 0.2) is 0 Å². The molecule has 158 valence electrons. The summed E-state index contributed by atoms with van der Waals surface area (Å²) in [6, 6.07) is 0. The van der Waals surface area contributed by atoms with Crippen LogP contribution >= 0.6 is 0 Å². The molecule has 2 saturated heterocycles. The molecular weight excluding hydrogens is 370 g/mol. The molecule has 27 heavy (non-hydrogen) atoms. The third-order valence-electron chi connectivity index (χ3n) is 4.79. The average molecular weight is 397 g/mol. The van der Waals surface area contributed by atoms with Crippen LogP contribution in [0.4, 0.5) is 0 Å². The lowest BCUT2D eigenvalue weighted by atomic mass is 9.88. The van der Waals surface area contributed by atoms with Gasteiger partial charge in [-0.2, -0.15) is 0 Å². The third kappa shape index (κ3) is 4.74. The van der Waals surface area contributed by atoms with Crippen molar-refractivity contribution in [2.45, 2.75) is 61.7 Å². The number of hydrogen-bond donors (Lipinski definition) is 7. The number of hydrogen-bond acceptors (Lipinski definition) is 11. The molecule has 0 aromatic carbocycles. The van der Waals surface area contributed by atoms with E-state index in [1.165, 1.54) is 7.11 Å². The number of nitrogens with two attached hydrogens (primary N) is 1. The van der Waals surface area contributed by atoms with Crippen molar-refractivity contribution in [1.29, 1.82) is 0 Å². The minimum Gasteiger partial charge on any atom is -0.394 e. The second kappa shape index (κ2) is 9.52. The van der Waals surface area contributed by atoms with Gasteiger partial charge in [0, 0.05) is 19.4 Å². The number of primary amides is 1. The van der Waals surface area contributed by atoms with Gasteiger partial charge in [0.05, 0.1) is 19.3 Å². The maximum Gasteiger partial charge on any atom is 0.217 e. The largest absolute Gasteiger partial charge is 0.394 e. The van der Waals surface area contributed by atoms with E-state index in [4.69, 9.17) is 24.7 Å². The smallest absolute Gasteiger partial charge is 0.217 e. The highest BCUT2D eigenvalue weighted by Gasteiger charge is 2.51. The van der Waals surface area contributed by atoms with Crippen LogP contribution in [-0.4, -0.2) is 112 Å². The first-order valence-electron chi connectivity index (χ1n) is 8.46. The van der Waals surface area contributed by atoms with Crippen molar-refractivity contribution in [3.8, 4) is 0 Å². The van der Waals surface area contributed by atoms with E-state index < -0.39 is 86.8 Å². The van der Waals surface area contributed by atoms with Crippen LogP contribution in [0.3, 0.4) is 0 Å². The Bertz CT molecular complexity index is 492. The van der Waals surface area contributed by atoms with Crippen LogP contribution in [0.5, 0.6) is 0 Å². The SMILES string of the molecule is CO[C@H]1O[C@H](CO)[C@@H](O[C@@H]2O[C@H](CO)[C@H](O)[C@H](O)[C@@H]2CC(N)=O)[C@H](O)[C@H]1O. The molecule has 0 aliphatic carbocycles. The van der Waals surface area contributed by atoms with Crippen LogP contribution < -0.4 is 5.73 Å². The predicted molar refractivity (Wildman–Crippen MR) is 84.7 cm³/mol. The summed E-state index contributed by atoms with van der Waals surface area (Å²) in [6.07, 6.45) is -12.8. The zero-order valence-electron chi connectivity index (χ0n) is 14.7. The van der Waals surface area contributed by atoms with Crippen LogP contribution in [0.1, 0.15) is 6.42 Å². The van der Waals surface area contributed by atoms with Crippen molar-refractivity contribution < 1.29 is 54.4 Å². The molecule has 8 N–H and O–H groups in total. The summed E-state index contributed by atoms with van der Waals surface area (Å²) < 4.78 is 21.2. The number of carbonyl (C=O) groups is 1. The van der Waals surface area contributed by atoms with E-state index in [1.807, 2.05) is 0 Å². The Kier molecular flexibility index (Phi) is 7.88. The second-order valence-corrected chi connectivity index (χ2v) is 6.58. The van der Waals surface area contributed by atoms with Crippen LogP contribution in [0.2, 0.25) is 0 Å². The van der Waals surface area contributed by atoms with Gasteiger partial charge in [0.2, 0.25) is 5.91 Å². The first kappa shape index (κ1) is 22.4. The molecule has 2 heterocycles. The molecule has 0 aromatic heterocycles. The molecule has 0 radical (unpaired) electrons. The summed E-state index contributed by atoms with van der Waals surface area (Å²) >= 11 is 0. The zero-order valence-corrected chi connectivity index (χ0v) is 14.7. The molecule has 2 aliphatic rings. The Balaban J connectivity index is 2.22. The Morgan fingerprint density at radius 3 is 2.04 bits per heavy atom. The summed E-state index contributed by atoms with van der Waals surface area (Å²) in [6.45, 7) is -1.25. The fourth-order valence-electron chi connectivity index (χ4n) is 3.29. The minimum absolute atomic E-state index is 0.419. The van der Waals surface area contributed by atoms with E-state index in [0.717, 1.165) is 0 Å². The molecule has 0 spiro atoms. The van der Waals surface area contributed by atoms with Gasteiger partial charge < -0.3 is 55.3 Å². The monoisotopic (exact) mass is 397 g/mol. The van der Waals surface area contributed by atoms with E-state index >= 15 is 0 Å². The highest BCUT2D eigenvalue weighted by Crippen LogP contribution is 2.33. The Morgan fingerprint density at radius 2 is 1.52 bits per heavy atom. The Morgan fingerprint density at radius 1 is 0.926 bits per heavy atom. The number of ether oxygens (including phenoxy) is 4. The fourth-order valence-corrected chi connectivity index (χ4v) is 3.29. The van der Waals surface area contributed by atoms with Gasteiger partial charge in [0.25, 0.3) is 0 Å². The summed E-state index contributed by atoms with van der Waals surface area (Å²) in [5.74, 6) is -1.92. The molecule has 2 aliphatic heterocycles. The lowest BCUT2D eigenvalue weighted by molar-refractivity contribution is -0.351. The van der Waals surface area contributed by atoms with Gasteiger partial charge in [-0.05, 0) is 0 Å². The van der Waals surface area contributed by atoms with Crippen molar-refractivity contribution in [3.05, 3.63) is 0 Å². The van der Waals surface area contributed by atoms with Crippen LogP contribution in [0, 0.1) is 5.92 Å². The van der Waals surface area contributed by atoms with Crippen molar-refractivity contribution in [3.63, 3.8) is 0 Å². The topological polar surface area (TPSA) is 201 Å². The number of aliphatic hydroxyl groups excluding tert-OH is 6. The molecular formula is C15H27NO11. The highest BCUT2D eigenvalue weighted by molar-refractivity contribution is 5.74. The molecule has 0 bridgehead atoms. The minimum atomic E-state index is -1.56. The summed E-state index contributed by atoms with van der Waals surface area (Å²) in [5, 5.41) is 59.5. The lowest BCUT2D eigenvalue weighted by Crippen LogP contribution is -2.63. The highest BCUT2D eigenvalue weighted by atomic mass is 16.7. The van der Waals surface area contributed by atoms with Gasteiger partial charge >= 0.3 is 0 Å². The molecule has 2 fully saturated rings. The summed E-state index contributed by atoms with van der Waals surface area (Å²) in [4.78, 5) is 11.3. The standard InChI is InChI=1S/C15H27NO11/c1-24-15-12(23)11(22)13(7(4-18)26-15)27-14-5(2-8(16)19)9(20)10(21)6(3-17)25-14/h5-7,9-15,17-18,20-23H,2-4H2,1H3,(H2,16,19)/t5-,6+,7+,9+,10-,11+,12+,13+,14-,15-/m0/s1. The van der Waals surface area contributed by atoms with Crippen LogP contribution in [-0.2, 0) is 23.7 Å². The first-order chi connectivity index (χ1) is 12.7. The molecule has 10 atom stereocenters. The molecule has 0 aromatic rings. The zero-order chi connectivity index (χ0) is 20.3. The maximum absolute atomic E-state index is 11.3. The van der Waals surface area contributed by atoms with Gasteiger partial charge in [-0.1, -0.05) is 0 Å². The van der Waals surface area contributed by atoms with E-state index in [-0.39, 0.29) is 0 Å². The van der Waals surface area contributed by atoms with E-state index in [0.29, 0.717) is 0 Å². The molecule has 1 amide bonds. The molecule has 12 heteroatoms. The summed E-state index contributed by atoms with van der Waals surface area (Å²) in [7, 11) is 1.24. The van der Waals surface area contributed by atoms with E-state index in [1.54, 1.807) is 0 Å². The number of methoxy groups -OCH3 is 1. The van der Waals surface area contributed by atoms with Crippen LogP contribution in [0.25, 0.3) is 0 Å². The third-order valence-corrected chi connectivity index (χ3v) is 4.79. The number of amides is 1. The Hall–Kier alpha value is -0.930. The molecule has 2 rings (SSSR count). The van der Waals surface area contributed by atoms with Crippen molar-refractivity contribution in [2.24, 2.45) is 11.7 Å². The van der Waals surface area contributed by atoms with Gasteiger partial charge in [-0.15, -0.1) is 0 Å².